The number of rotatable bonds is 1. The molecular weight excluding hydrogens is 265 g/mol. The van der Waals surface area contributed by atoms with Gasteiger partial charge in [-0.1, -0.05) is 15.9 Å². The lowest BCUT2D eigenvalue weighted by molar-refractivity contribution is 0.616. The van der Waals surface area contributed by atoms with Crippen LogP contribution in [0.5, 0.6) is 0 Å². The van der Waals surface area contributed by atoms with Gasteiger partial charge in [0, 0.05) is 11.5 Å². The highest BCUT2D eigenvalue weighted by Crippen LogP contribution is 2.19. The second-order valence-electron chi connectivity index (χ2n) is 1.69. The Balaban J connectivity index is 3.14. The van der Waals surface area contributed by atoms with E-state index < -0.39 is 0 Å². The second-order valence-corrected chi connectivity index (χ2v) is 3.04. The molecular formula is C6H4Br2FN. The van der Waals surface area contributed by atoms with Crippen molar-refractivity contribution in [3.05, 3.63) is 28.2 Å². The zero-order chi connectivity index (χ0) is 7.56. The van der Waals surface area contributed by atoms with E-state index in [0.29, 0.717) is 15.5 Å². The predicted octanol–water partition coefficient (Wildman–Crippen LogP) is 2.88. The second kappa shape index (κ2) is 3.44. The van der Waals surface area contributed by atoms with Crippen molar-refractivity contribution in [1.29, 1.82) is 0 Å². The van der Waals surface area contributed by atoms with E-state index in [-0.39, 0.29) is 5.82 Å². The Bertz CT molecular complexity index is 239. The quantitative estimate of drug-likeness (QED) is 0.714. The van der Waals surface area contributed by atoms with Crippen molar-refractivity contribution < 1.29 is 4.39 Å². The normalized spacial score (nSPS) is 9.90. The van der Waals surface area contributed by atoms with E-state index in [0.717, 1.165) is 0 Å². The van der Waals surface area contributed by atoms with Gasteiger partial charge in [-0.2, -0.15) is 0 Å². The summed E-state index contributed by atoms with van der Waals surface area (Å²) in [6.45, 7) is 0. The van der Waals surface area contributed by atoms with Crippen molar-refractivity contribution in [3.63, 3.8) is 0 Å². The average molecular weight is 269 g/mol. The fraction of sp³-hybridized carbons (Fsp3) is 0.167. The standard InChI is InChI=1S/C6H4Br2FN/c7-3-5-6(8)4(9)1-2-10-5/h1-2H,3H2. The number of halogens is 3. The Kier molecular flexibility index (Phi) is 2.80. The molecule has 0 saturated heterocycles. The molecule has 0 aliphatic heterocycles. The van der Waals surface area contributed by atoms with Crippen LogP contribution in [0.2, 0.25) is 0 Å². The molecule has 0 aromatic carbocycles. The molecule has 0 spiro atoms. The lowest BCUT2D eigenvalue weighted by atomic mass is 10.4. The number of aromatic nitrogens is 1. The van der Waals surface area contributed by atoms with Crippen molar-refractivity contribution in [2.75, 3.05) is 0 Å². The Hall–Kier alpha value is 0.0400. The predicted molar refractivity (Wildman–Crippen MR) is 44.5 cm³/mol. The van der Waals surface area contributed by atoms with Crippen LogP contribution >= 0.6 is 31.9 Å². The molecule has 0 fully saturated rings. The van der Waals surface area contributed by atoms with E-state index in [1.165, 1.54) is 12.3 Å². The van der Waals surface area contributed by atoms with Crippen LogP contribution in [0, 0.1) is 5.82 Å². The highest BCUT2D eigenvalue weighted by atomic mass is 79.9. The van der Waals surface area contributed by atoms with Gasteiger partial charge in [-0.15, -0.1) is 0 Å². The number of nitrogens with zero attached hydrogens (tertiary/aromatic N) is 1. The number of pyridine rings is 1. The van der Waals surface area contributed by atoms with Crippen LogP contribution < -0.4 is 0 Å². The molecule has 0 N–H and O–H groups in total. The van der Waals surface area contributed by atoms with Crippen molar-refractivity contribution in [1.82, 2.24) is 4.98 Å². The zero-order valence-corrected chi connectivity index (χ0v) is 8.11. The van der Waals surface area contributed by atoms with Gasteiger partial charge in [-0.05, 0) is 22.0 Å². The first-order valence-electron chi connectivity index (χ1n) is 2.60. The summed E-state index contributed by atoms with van der Waals surface area (Å²) in [6, 6.07) is 1.32. The van der Waals surface area contributed by atoms with Crippen molar-refractivity contribution in [2.24, 2.45) is 0 Å². The summed E-state index contributed by atoms with van der Waals surface area (Å²) in [5.41, 5.74) is 0.681. The maximum Gasteiger partial charge on any atom is 0.140 e. The third kappa shape index (κ3) is 1.55. The Labute approximate surface area is 74.9 Å². The highest BCUT2D eigenvalue weighted by Gasteiger charge is 2.03. The summed E-state index contributed by atoms with van der Waals surface area (Å²) in [7, 11) is 0. The van der Waals surface area contributed by atoms with E-state index in [4.69, 9.17) is 0 Å². The van der Waals surface area contributed by atoms with Gasteiger partial charge < -0.3 is 0 Å². The van der Waals surface area contributed by atoms with Crippen LogP contribution in [0.15, 0.2) is 16.7 Å². The number of alkyl halides is 1. The van der Waals surface area contributed by atoms with Gasteiger partial charge in [0.25, 0.3) is 0 Å². The van der Waals surface area contributed by atoms with E-state index >= 15 is 0 Å². The minimum Gasteiger partial charge on any atom is -0.259 e. The molecule has 0 saturated carbocycles. The molecule has 1 aromatic heterocycles. The first kappa shape index (κ1) is 8.14. The third-order valence-electron chi connectivity index (χ3n) is 1.04. The first-order valence-corrected chi connectivity index (χ1v) is 4.52. The topological polar surface area (TPSA) is 12.9 Å². The number of hydrogen-bond acceptors (Lipinski definition) is 1. The molecule has 10 heavy (non-hydrogen) atoms. The molecule has 0 aliphatic rings. The smallest absolute Gasteiger partial charge is 0.140 e. The van der Waals surface area contributed by atoms with Gasteiger partial charge in [0.05, 0.1) is 10.2 Å². The molecule has 1 heterocycles. The Morgan fingerprint density at radius 3 is 2.80 bits per heavy atom. The molecule has 54 valence electrons. The number of hydrogen-bond donors (Lipinski definition) is 0. The molecule has 0 radical (unpaired) electrons. The van der Waals surface area contributed by atoms with Crippen LogP contribution in [-0.2, 0) is 5.33 Å². The Morgan fingerprint density at radius 2 is 2.30 bits per heavy atom. The van der Waals surface area contributed by atoms with E-state index in [2.05, 4.69) is 36.8 Å². The largest absolute Gasteiger partial charge is 0.259 e. The van der Waals surface area contributed by atoms with Crippen LogP contribution in [0.25, 0.3) is 0 Å². The SMILES string of the molecule is Fc1ccnc(CBr)c1Br. The van der Waals surface area contributed by atoms with Gasteiger partial charge in [-0.25, -0.2) is 4.39 Å². The van der Waals surface area contributed by atoms with E-state index in [1.54, 1.807) is 0 Å². The van der Waals surface area contributed by atoms with Gasteiger partial charge in [0.1, 0.15) is 5.82 Å². The molecule has 0 aliphatic carbocycles. The van der Waals surface area contributed by atoms with Crippen LogP contribution in [-0.4, -0.2) is 4.98 Å². The monoisotopic (exact) mass is 267 g/mol. The molecule has 1 nitrogen and oxygen atoms in total. The van der Waals surface area contributed by atoms with Gasteiger partial charge >= 0.3 is 0 Å². The molecule has 4 heteroatoms. The summed E-state index contributed by atoms with van der Waals surface area (Å²) in [5.74, 6) is -0.274. The summed E-state index contributed by atoms with van der Waals surface area (Å²) < 4.78 is 13.1. The van der Waals surface area contributed by atoms with Gasteiger partial charge in [0.15, 0.2) is 0 Å². The molecule has 0 amide bonds. The summed E-state index contributed by atoms with van der Waals surface area (Å²) in [6.07, 6.45) is 1.44. The van der Waals surface area contributed by atoms with Crippen LogP contribution in [0.4, 0.5) is 4.39 Å². The summed E-state index contributed by atoms with van der Waals surface area (Å²) in [4.78, 5) is 3.92. The Morgan fingerprint density at radius 1 is 1.60 bits per heavy atom. The minimum atomic E-state index is -0.274. The maximum atomic E-state index is 12.7. The van der Waals surface area contributed by atoms with E-state index in [1.807, 2.05) is 0 Å². The van der Waals surface area contributed by atoms with E-state index in [9.17, 15) is 4.39 Å². The van der Waals surface area contributed by atoms with Crippen molar-refractivity contribution in [3.8, 4) is 0 Å². The molecule has 0 atom stereocenters. The first-order chi connectivity index (χ1) is 4.75. The summed E-state index contributed by atoms with van der Waals surface area (Å²) >= 11 is 6.26. The maximum absolute atomic E-state index is 12.7. The van der Waals surface area contributed by atoms with Gasteiger partial charge in [0.2, 0.25) is 0 Å². The summed E-state index contributed by atoms with van der Waals surface area (Å²) in [5, 5.41) is 0.561. The lowest BCUT2D eigenvalue weighted by Gasteiger charge is -1.97. The molecule has 1 rings (SSSR count). The minimum absolute atomic E-state index is 0.274. The molecule has 0 unspecified atom stereocenters. The van der Waals surface area contributed by atoms with Crippen LogP contribution in [0.3, 0.4) is 0 Å². The lowest BCUT2D eigenvalue weighted by Crippen LogP contribution is -1.88. The molecule has 1 aromatic rings. The van der Waals surface area contributed by atoms with Crippen molar-refractivity contribution >= 4 is 31.9 Å². The fourth-order valence-electron chi connectivity index (χ4n) is 0.554. The third-order valence-corrected chi connectivity index (χ3v) is 2.41. The molecule has 0 bridgehead atoms. The average Bonchev–Trinajstić information content (AvgIpc) is 1.95. The van der Waals surface area contributed by atoms with Crippen LogP contribution in [0.1, 0.15) is 5.69 Å². The zero-order valence-electron chi connectivity index (χ0n) is 4.94. The van der Waals surface area contributed by atoms with Gasteiger partial charge in [-0.3, -0.25) is 4.98 Å². The fourth-order valence-corrected chi connectivity index (χ4v) is 1.73. The highest BCUT2D eigenvalue weighted by molar-refractivity contribution is 9.10. The van der Waals surface area contributed by atoms with Crippen molar-refractivity contribution in [2.45, 2.75) is 5.33 Å².